The molecule has 1 aliphatic carbocycles. The zero-order valence-corrected chi connectivity index (χ0v) is 9.49. The van der Waals surface area contributed by atoms with Crippen LogP contribution in [0.1, 0.15) is 33.6 Å². The van der Waals surface area contributed by atoms with Crippen molar-refractivity contribution < 1.29 is 14.7 Å². The van der Waals surface area contributed by atoms with E-state index in [-0.39, 0.29) is 17.9 Å². The number of carboxylic acids is 1. The minimum absolute atomic E-state index is 0.101. The fraction of sp³-hybridized carbons (Fsp3) is 0.818. The molecule has 0 aromatic carbocycles. The van der Waals surface area contributed by atoms with Crippen molar-refractivity contribution in [2.24, 2.45) is 17.8 Å². The smallest absolute Gasteiger partial charge is 0.307 e. The molecular formula is C11H19NO3. The van der Waals surface area contributed by atoms with Gasteiger partial charge in [0, 0.05) is 6.04 Å². The Morgan fingerprint density at radius 3 is 2.33 bits per heavy atom. The Morgan fingerprint density at radius 2 is 1.93 bits per heavy atom. The van der Waals surface area contributed by atoms with Crippen LogP contribution in [0, 0.1) is 17.8 Å². The summed E-state index contributed by atoms with van der Waals surface area (Å²) < 4.78 is 0. The molecule has 1 amide bonds. The second kappa shape index (κ2) is 4.64. The van der Waals surface area contributed by atoms with E-state index in [1.807, 2.05) is 6.92 Å². The van der Waals surface area contributed by atoms with Crippen LogP contribution in [0.25, 0.3) is 0 Å². The molecule has 0 saturated heterocycles. The lowest BCUT2D eigenvalue weighted by Gasteiger charge is -2.15. The van der Waals surface area contributed by atoms with Crippen LogP contribution in [0.3, 0.4) is 0 Å². The molecule has 1 aliphatic rings. The first-order chi connectivity index (χ1) is 6.91. The SMILES string of the molecule is CC(C)CC(C)NC(=O)C1CC1C(=O)O. The van der Waals surface area contributed by atoms with Crippen molar-refractivity contribution in [3.8, 4) is 0 Å². The second-order valence-electron chi connectivity index (χ2n) is 4.83. The normalized spacial score (nSPS) is 26.1. The van der Waals surface area contributed by atoms with Crippen molar-refractivity contribution in [1.82, 2.24) is 5.32 Å². The number of amides is 1. The molecule has 15 heavy (non-hydrogen) atoms. The number of hydrogen-bond acceptors (Lipinski definition) is 2. The second-order valence-corrected chi connectivity index (χ2v) is 4.83. The molecule has 0 aliphatic heterocycles. The van der Waals surface area contributed by atoms with Gasteiger partial charge >= 0.3 is 5.97 Å². The van der Waals surface area contributed by atoms with E-state index in [0.29, 0.717) is 12.3 Å². The molecule has 0 spiro atoms. The number of rotatable bonds is 5. The summed E-state index contributed by atoms with van der Waals surface area (Å²) in [7, 11) is 0. The molecule has 0 heterocycles. The average molecular weight is 213 g/mol. The molecule has 4 nitrogen and oxygen atoms in total. The summed E-state index contributed by atoms with van der Waals surface area (Å²) in [5, 5.41) is 11.5. The lowest BCUT2D eigenvalue weighted by atomic mass is 10.1. The first-order valence-electron chi connectivity index (χ1n) is 5.45. The number of nitrogens with one attached hydrogen (secondary N) is 1. The third-order valence-electron chi connectivity index (χ3n) is 2.66. The Bertz CT molecular complexity index is 263. The highest BCUT2D eigenvalue weighted by atomic mass is 16.4. The number of carboxylic acid groups (broad SMARTS) is 1. The number of carbonyl (C=O) groups excluding carboxylic acids is 1. The van der Waals surface area contributed by atoms with E-state index in [0.717, 1.165) is 6.42 Å². The fourth-order valence-corrected chi connectivity index (χ4v) is 1.87. The molecule has 1 rings (SSSR count). The Balaban J connectivity index is 2.28. The lowest BCUT2D eigenvalue weighted by Crippen LogP contribution is -2.35. The van der Waals surface area contributed by atoms with Gasteiger partial charge in [0.25, 0.3) is 0 Å². The standard InChI is InChI=1S/C11H19NO3/c1-6(2)4-7(3)12-10(13)8-5-9(8)11(14)15/h6-9H,4-5H2,1-3H3,(H,12,13)(H,14,15). The molecule has 0 aromatic heterocycles. The van der Waals surface area contributed by atoms with Crippen molar-refractivity contribution in [1.29, 1.82) is 0 Å². The van der Waals surface area contributed by atoms with Crippen molar-refractivity contribution >= 4 is 11.9 Å². The van der Waals surface area contributed by atoms with Crippen molar-refractivity contribution in [2.75, 3.05) is 0 Å². The molecule has 3 atom stereocenters. The minimum Gasteiger partial charge on any atom is -0.481 e. The van der Waals surface area contributed by atoms with Crippen LogP contribution in [0.2, 0.25) is 0 Å². The van der Waals surface area contributed by atoms with Crippen LogP contribution in [-0.4, -0.2) is 23.0 Å². The Hall–Kier alpha value is -1.06. The monoisotopic (exact) mass is 213 g/mol. The molecular weight excluding hydrogens is 194 g/mol. The van der Waals surface area contributed by atoms with Crippen LogP contribution >= 0.6 is 0 Å². The lowest BCUT2D eigenvalue weighted by molar-refractivity contribution is -0.140. The highest BCUT2D eigenvalue weighted by molar-refractivity contribution is 5.89. The molecule has 4 heteroatoms. The third kappa shape index (κ3) is 3.53. The average Bonchev–Trinajstić information content (AvgIpc) is 2.79. The van der Waals surface area contributed by atoms with Gasteiger partial charge in [0.2, 0.25) is 5.91 Å². The topological polar surface area (TPSA) is 66.4 Å². The highest BCUT2D eigenvalue weighted by Crippen LogP contribution is 2.38. The molecule has 3 unspecified atom stereocenters. The maximum Gasteiger partial charge on any atom is 0.307 e. The summed E-state index contributed by atoms with van der Waals surface area (Å²) >= 11 is 0. The minimum atomic E-state index is -0.855. The van der Waals surface area contributed by atoms with Crippen molar-refractivity contribution in [3.63, 3.8) is 0 Å². The molecule has 1 saturated carbocycles. The number of hydrogen-bond donors (Lipinski definition) is 2. The fourth-order valence-electron chi connectivity index (χ4n) is 1.87. The summed E-state index contributed by atoms with van der Waals surface area (Å²) in [4.78, 5) is 22.1. The Labute approximate surface area is 90.0 Å². The van der Waals surface area contributed by atoms with Gasteiger partial charge in [-0.15, -0.1) is 0 Å². The van der Waals surface area contributed by atoms with Crippen LogP contribution in [0.4, 0.5) is 0 Å². The quantitative estimate of drug-likeness (QED) is 0.722. The van der Waals surface area contributed by atoms with Gasteiger partial charge in [-0.2, -0.15) is 0 Å². The predicted molar refractivity (Wildman–Crippen MR) is 56.3 cm³/mol. The molecule has 0 aromatic rings. The van der Waals surface area contributed by atoms with Gasteiger partial charge < -0.3 is 10.4 Å². The predicted octanol–water partition coefficient (Wildman–Crippen LogP) is 1.26. The van der Waals surface area contributed by atoms with Gasteiger partial charge in [0.1, 0.15) is 0 Å². The van der Waals surface area contributed by atoms with Gasteiger partial charge in [0.05, 0.1) is 11.8 Å². The number of aliphatic carboxylic acids is 1. The van der Waals surface area contributed by atoms with Crippen LogP contribution in [0.15, 0.2) is 0 Å². The zero-order valence-electron chi connectivity index (χ0n) is 9.49. The van der Waals surface area contributed by atoms with E-state index in [1.165, 1.54) is 0 Å². The van der Waals surface area contributed by atoms with E-state index < -0.39 is 11.9 Å². The molecule has 0 bridgehead atoms. The van der Waals surface area contributed by atoms with Crippen molar-refractivity contribution in [3.05, 3.63) is 0 Å². The summed E-state index contributed by atoms with van der Waals surface area (Å²) in [5.41, 5.74) is 0. The third-order valence-corrected chi connectivity index (χ3v) is 2.66. The summed E-state index contributed by atoms with van der Waals surface area (Å²) in [5.74, 6) is -1.16. The summed E-state index contributed by atoms with van der Waals surface area (Å²) in [6, 6.07) is 0.132. The van der Waals surface area contributed by atoms with Crippen LogP contribution in [-0.2, 0) is 9.59 Å². The van der Waals surface area contributed by atoms with Gasteiger partial charge in [-0.3, -0.25) is 9.59 Å². The maximum atomic E-state index is 11.5. The summed E-state index contributed by atoms with van der Waals surface area (Å²) in [6.07, 6.45) is 1.42. The summed E-state index contributed by atoms with van der Waals surface area (Å²) in [6.45, 7) is 6.15. The van der Waals surface area contributed by atoms with E-state index in [4.69, 9.17) is 5.11 Å². The van der Waals surface area contributed by atoms with Crippen LogP contribution in [0.5, 0.6) is 0 Å². The van der Waals surface area contributed by atoms with E-state index in [1.54, 1.807) is 0 Å². The van der Waals surface area contributed by atoms with E-state index in [9.17, 15) is 9.59 Å². The Kier molecular flexibility index (Phi) is 3.72. The largest absolute Gasteiger partial charge is 0.481 e. The van der Waals surface area contributed by atoms with Crippen molar-refractivity contribution in [2.45, 2.75) is 39.7 Å². The maximum absolute atomic E-state index is 11.5. The molecule has 1 fully saturated rings. The highest BCUT2D eigenvalue weighted by Gasteiger charge is 2.48. The van der Waals surface area contributed by atoms with E-state index >= 15 is 0 Å². The molecule has 2 N–H and O–H groups in total. The zero-order chi connectivity index (χ0) is 11.6. The van der Waals surface area contributed by atoms with Gasteiger partial charge in [-0.25, -0.2) is 0 Å². The molecule has 86 valence electrons. The van der Waals surface area contributed by atoms with Crippen LogP contribution < -0.4 is 5.32 Å². The Morgan fingerprint density at radius 1 is 1.33 bits per heavy atom. The molecule has 0 radical (unpaired) electrons. The first kappa shape index (κ1) is 12.0. The van der Waals surface area contributed by atoms with Gasteiger partial charge in [-0.05, 0) is 25.7 Å². The first-order valence-corrected chi connectivity index (χ1v) is 5.45. The van der Waals surface area contributed by atoms with E-state index in [2.05, 4.69) is 19.2 Å². The van der Waals surface area contributed by atoms with Gasteiger partial charge in [0.15, 0.2) is 0 Å². The van der Waals surface area contributed by atoms with Gasteiger partial charge in [-0.1, -0.05) is 13.8 Å². The number of carbonyl (C=O) groups is 2.